The molecule has 1 aliphatic heterocycles. The van der Waals surface area contributed by atoms with Crippen molar-refractivity contribution < 1.29 is 0 Å². The second kappa shape index (κ2) is 4.89. The standard InChI is InChI=1S/C15H24N4/c1-2-4-12(5-3-1)10-18-8-9-19-14(11-18)16-17-15(19)13-6-7-13/h12-13H,1-11H2. The number of aromatic nitrogens is 3. The Morgan fingerprint density at radius 3 is 2.58 bits per heavy atom. The van der Waals surface area contributed by atoms with Gasteiger partial charge in [0, 0.05) is 25.6 Å². The summed E-state index contributed by atoms with van der Waals surface area (Å²) in [6.45, 7) is 4.62. The smallest absolute Gasteiger partial charge is 0.147 e. The molecule has 0 aromatic carbocycles. The van der Waals surface area contributed by atoms with Gasteiger partial charge in [0.2, 0.25) is 0 Å². The van der Waals surface area contributed by atoms with E-state index in [2.05, 4.69) is 19.7 Å². The lowest BCUT2D eigenvalue weighted by Crippen LogP contribution is -2.38. The normalized spacial score (nSPS) is 25.5. The Bertz CT molecular complexity index is 443. The molecule has 0 bridgehead atoms. The highest BCUT2D eigenvalue weighted by atomic mass is 15.3. The third kappa shape index (κ3) is 2.42. The van der Waals surface area contributed by atoms with Crippen molar-refractivity contribution in [1.29, 1.82) is 0 Å². The Hall–Kier alpha value is -0.900. The van der Waals surface area contributed by atoms with E-state index in [1.807, 2.05) is 0 Å². The van der Waals surface area contributed by atoms with Crippen LogP contribution in [-0.4, -0.2) is 32.8 Å². The summed E-state index contributed by atoms with van der Waals surface area (Å²) in [5, 5.41) is 8.86. The first-order chi connectivity index (χ1) is 9.40. The fourth-order valence-corrected chi connectivity index (χ4v) is 3.76. The van der Waals surface area contributed by atoms with Gasteiger partial charge in [-0.2, -0.15) is 0 Å². The summed E-state index contributed by atoms with van der Waals surface area (Å²) in [7, 11) is 0. The molecule has 4 nitrogen and oxygen atoms in total. The van der Waals surface area contributed by atoms with Crippen LogP contribution in [0.5, 0.6) is 0 Å². The molecule has 2 saturated carbocycles. The summed E-state index contributed by atoms with van der Waals surface area (Å²) >= 11 is 0. The first kappa shape index (κ1) is 11.9. The zero-order chi connectivity index (χ0) is 12.7. The summed E-state index contributed by atoms with van der Waals surface area (Å²) in [6.07, 6.45) is 9.87. The van der Waals surface area contributed by atoms with E-state index in [9.17, 15) is 0 Å². The van der Waals surface area contributed by atoms with Crippen molar-refractivity contribution in [3.63, 3.8) is 0 Å². The molecule has 0 atom stereocenters. The molecule has 2 fully saturated rings. The van der Waals surface area contributed by atoms with Crippen molar-refractivity contribution in [3.8, 4) is 0 Å². The molecular weight excluding hydrogens is 236 g/mol. The van der Waals surface area contributed by atoms with Crippen molar-refractivity contribution >= 4 is 0 Å². The monoisotopic (exact) mass is 260 g/mol. The van der Waals surface area contributed by atoms with E-state index in [1.165, 1.54) is 69.7 Å². The van der Waals surface area contributed by atoms with Crippen LogP contribution in [0.3, 0.4) is 0 Å². The van der Waals surface area contributed by atoms with Gasteiger partial charge in [0.1, 0.15) is 11.6 Å². The maximum absolute atomic E-state index is 4.43. The van der Waals surface area contributed by atoms with Crippen molar-refractivity contribution in [2.75, 3.05) is 13.1 Å². The molecule has 0 amide bonds. The quantitative estimate of drug-likeness (QED) is 0.837. The lowest BCUT2D eigenvalue weighted by atomic mass is 9.89. The first-order valence-corrected chi connectivity index (χ1v) is 8.04. The largest absolute Gasteiger partial charge is 0.312 e. The van der Waals surface area contributed by atoms with Crippen molar-refractivity contribution in [2.24, 2.45) is 5.92 Å². The van der Waals surface area contributed by atoms with Gasteiger partial charge in [-0.3, -0.25) is 4.90 Å². The maximum Gasteiger partial charge on any atom is 0.147 e. The van der Waals surface area contributed by atoms with E-state index < -0.39 is 0 Å². The molecule has 4 heteroatoms. The van der Waals surface area contributed by atoms with Gasteiger partial charge in [-0.05, 0) is 31.6 Å². The number of hydrogen-bond acceptors (Lipinski definition) is 3. The Morgan fingerprint density at radius 2 is 1.79 bits per heavy atom. The summed E-state index contributed by atoms with van der Waals surface area (Å²) < 4.78 is 2.40. The highest BCUT2D eigenvalue weighted by molar-refractivity contribution is 5.09. The number of nitrogens with zero attached hydrogens (tertiary/aromatic N) is 4. The Labute approximate surface area is 115 Å². The van der Waals surface area contributed by atoms with Crippen LogP contribution < -0.4 is 0 Å². The van der Waals surface area contributed by atoms with Crippen molar-refractivity contribution in [3.05, 3.63) is 11.6 Å². The topological polar surface area (TPSA) is 34.0 Å². The number of hydrogen-bond donors (Lipinski definition) is 0. The fraction of sp³-hybridized carbons (Fsp3) is 0.867. The lowest BCUT2D eigenvalue weighted by molar-refractivity contribution is 0.164. The van der Waals surface area contributed by atoms with E-state index in [0.717, 1.165) is 24.9 Å². The summed E-state index contributed by atoms with van der Waals surface area (Å²) in [6, 6.07) is 0. The van der Waals surface area contributed by atoms with Crippen molar-refractivity contribution in [1.82, 2.24) is 19.7 Å². The van der Waals surface area contributed by atoms with Crippen molar-refractivity contribution in [2.45, 2.75) is 64.0 Å². The molecule has 19 heavy (non-hydrogen) atoms. The molecule has 4 rings (SSSR count). The van der Waals surface area contributed by atoms with Gasteiger partial charge in [-0.15, -0.1) is 10.2 Å². The average Bonchev–Trinajstić information content (AvgIpc) is 3.20. The molecule has 0 N–H and O–H groups in total. The van der Waals surface area contributed by atoms with Gasteiger partial charge in [0.15, 0.2) is 0 Å². The Kier molecular flexibility index (Phi) is 3.06. The lowest BCUT2D eigenvalue weighted by Gasteiger charge is -2.32. The molecule has 2 aliphatic carbocycles. The van der Waals surface area contributed by atoms with E-state index in [4.69, 9.17) is 0 Å². The molecule has 1 aromatic heterocycles. The first-order valence-electron chi connectivity index (χ1n) is 8.04. The van der Waals surface area contributed by atoms with Gasteiger partial charge in [-0.25, -0.2) is 0 Å². The third-order valence-electron chi connectivity index (χ3n) is 5.04. The number of rotatable bonds is 3. The molecular formula is C15H24N4. The summed E-state index contributed by atoms with van der Waals surface area (Å²) in [5.41, 5.74) is 0. The van der Waals surface area contributed by atoms with Gasteiger partial charge in [0.25, 0.3) is 0 Å². The molecule has 0 spiro atoms. The highest BCUT2D eigenvalue weighted by Gasteiger charge is 2.32. The fourth-order valence-electron chi connectivity index (χ4n) is 3.76. The summed E-state index contributed by atoms with van der Waals surface area (Å²) in [5.74, 6) is 4.15. The predicted molar refractivity (Wildman–Crippen MR) is 73.8 cm³/mol. The van der Waals surface area contributed by atoms with Crippen LogP contribution in [0.1, 0.15) is 62.5 Å². The van der Waals surface area contributed by atoms with Crippen LogP contribution in [0.2, 0.25) is 0 Å². The van der Waals surface area contributed by atoms with E-state index in [0.29, 0.717) is 0 Å². The second-order valence-electron chi connectivity index (χ2n) is 6.64. The molecule has 2 heterocycles. The molecule has 0 radical (unpaired) electrons. The van der Waals surface area contributed by atoms with E-state index in [-0.39, 0.29) is 0 Å². The van der Waals surface area contributed by atoms with Crippen LogP contribution >= 0.6 is 0 Å². The van der Waals surface area contributed by atoms with Crippen LogP contribution in [0.15, 0.2) is 0 Å². The van der Waals surface area contributed by atoms with Gasteiger partial charge in [0.05, 0.1) is 6.54 Å². The minimum atomic E-state index is 0.728. The zero-order valence-corrected chi connectivity index (χ0v) is 11.7. The van der Waals surface area contributed by atoms with E-state index in [1.54, 1.807) is 0 Å². The zero-order valence-electron chi connectivity index (χ0n) is 11.7. The average molecular weight is 260 g/mol. The minimum absolute atomic E-state index is 0.728. The predicted octanol–water partition coefficient (Wildman–Crippen LogP) is 2.55. The summed E-state index contributed by atoms with van der Waals surface area (Å²) in [4.78, 5) is 2.61. The van der Waals surface area contributed by atoms with Crippen LogP contribution in [-0.2, 0) is 13.1 Å². The van der Waals surface area contributed by atoms with Crippen LogP contribution in [0.4, 0.5) is 0 Å². The molecule has 104 valence electrons. The molecule has 0 unspecified atom stereocenters. The Morgan fingerprint density at radius 1 is 0.947 bits per heavy atom. The Balaban J connectivity index is 1.41. The maximum atomic E-state index is 4.43. The van der Waals surface area contributed by atoms with Crippen LogP contribution in [0, 0.1) is 5.92 Å². The minimum Gasteiger partial charge on any atom is -0.312 e. The van der Waals surface area contributed by atoms with Gasteiger partial charge < -0.3 is 4.57 Å². The highest BCUT2D eigenvalue weighted by Crippen LogP contribution is 2.39. The van der Waals surface area contributed by atoms with Gasteiger partial charge >= 0.3 is 0 Å². The second-order valence-corrected chi connectivity index (χ2v) is 6.64. The SMILES string of the molecule is C1CCC(CN2CCn3c(nnc3C3CC3)C2)CC1. The molecule has 3 aliphatic rings. The molecule has 1 aromatic rings. The van der Waals surface area contributed by atoms with Crippen LogP contribution in [0.25, 0.3) is 0 Å². The molecule has 0 saturated heterocycles. The third-order valence-corrected chi connectivity index (χ3v) is 5.04. The van der Waals surface area contributed by atoms with E-state index >= 15 is 0 Å². The van der Waals surface area contributed by atoms with Gasteiger partial charge in [-0.1, -0.05) is 19.3 Å². The number of fused-ring (bicyclic) bond motifs is 1.